The number of aromatic amines is 1. The van der Waals surface area contributed by atoms with Crippen molar-refractivity contribution in [1.29, 1.82) is 0 Å². The number of nitro groups is 1. The summed E-state index contributed by atoms with van der Waals surface area (Å²) < 4.78 is 0. The van der Waals surface area contributed by atoms with Gasteiger partial charge in [0.2, 0.25) is 0 Å². The minimum absolute atomic E-state index is 0.107. The van der Waals surface area contributed by atoms with Crippen molar-refractivity contribution >= 4 is 11.4 Å². The van der Waals surface area contributed by atoms with Crippen LogP contribution >= 0.6 is 0 Å². The summed E-state index contributed by atoms with van der Waals surface area (Å²) in [6.07, 6.45) is 4.22. The minimum atomic E-state index is -0.384. The molecule has 1 aromatic heterocycles. The van der Waals surface area contributed by atoms with Crippen LogP contribution < -0.4 is 5.32 Å². The highest BCUT2D eigenvalue weighted by Gasteiger charge is 2.07. The van der Waals surface area contributed by atoms with Crippen LogP contribution in [0.2, 0.25) is 0 Å². The Hall–Kier alpha value is -2.37. The lowest BCUT2D eigenvalue weighted by atomic mass is 10.2. The Balaban J connectivity index is 1.98. The van der Waals surface area contributed by atoms with Crippen molar-refractivity contribution < 1.29 is 4.92 Å². The number of aryl methyl sites for hydroxylation is 1. The van der Waals surface area contributed by atoms with Gasteiger partial charge in [0.25, 0.3) is 5.69 Å². The number of H-pyrrole nitrogens is 1. The maximum absolute atomic E-state index is 10.7. The van der Waals surface area contributed by atoms with Gasteiger partial charge in [-0.05, 0) is 18.6 Å². The Bertz CT molecular complexity index is 537. The first-order valence-corrected chi connectivity index (χ1v) is 5.63. The number of hydrogen-bond donors (Lipinski definition) is 2. The van der Waals surface area contributed by atoms with E-state index in [9.17, 15) is 10.1 Å². The second-order valence-corrected chi connectivity index (χ2v) is 4.03. The predicted octanol–water partition coefficient (Wildman–Crippen LogP) is 2.28. The molecule has 0 unspecified atom stereocenters. The van der Waals surface area contributed by atoms with E-state index in [-0.39, 0.29) is 10.6 Å². The average molecular weight is 246 g/mol. The summed E-state index contributed by atoms with van der Waals surface area (Å²) in [6, 6.07) is 4.97. The van der Waals surface area contributed by atoms with Gasteiger partial charge >= 0.3 is 0 Å². The van der Waals surface area contributed by atoms with E-state index >= 15 is 0 Å². The van der Waals surface area contributed by atoms with Gasteiger partial charge in [0, 0.05) is 43.2 Å². The Labute approximate surface area is 104 Å². The summed E-state index contributed by atoms with van der Waals surface area (Å²) in [5.74, 6) is 0.893. The summed E-state index contributed by atoms with van der Waals surface area (Å²) in [4.78, 5) is 17.5. The standard InChI is InChI=1S/C12H14N4O2/c1-9-6-10(8-11(7-9)16(17)18)13-3-2-12-14-4-5-15-12/h4-8,13H,2-3H2,1H3,(H,14,15). The quantitative estimate of drug-likeness (QED) is 0.626. The van der Waals surface area contributed by atoms with Crippen molar-refractivity contribution in [3.05, 3.63) is 52.1 Å². The molecule has 2 aromatic rings. The third kappa shape index (κ3) is 3.07. The molecule has 1 aromatic carbocycles. The zero-order valence-corrected chi connectivity index (χ0v) is 10.0. The van der Waals surface area contributed by atoms with Gasteiger partial charge < -0.3 is 10.3 Å². The molecule has 6 heteroatoms. The van der Waals surface area contributed by atoms with Gasteiger partial charge in [-0.25, -0.2) is 4.98 Å². The van der Waals surface area contributed by atoms with E-state index in [2.05, 4.69) is 15.3 Å². The van der Waals surface area contributed by atoms with Crippen LogP contribution in [0.25, 0.3) is 0 Å². The van der Waals surface area contributed by atoms with Crippen LogP contribution in [0.15, 0.2) is 30.6 Å². The molecule has 0 saturated carbocycles. The molecule has 0 atom stereocenters. The third-order valence-electron chi connectivity index (χ3n) is 2.52. The Kier molecular flexibility index (Phi) is 3.57. The van der Waals surface area contributed by atoms with E-state index < -0.39 is 0 Å². The fourth-order valence-electron chi connectivity index (χ4n) is 1.73. The first-order valence-electron chi connectivity index (χ1n) is 5.63. The van der Waals surface area contributed by atoms with Crippen LogP contribution in [-0.2, 0) is 6.42 Å². The Morgan fingerprint density at radius 3 is 2.94 bits per heavy atom. The van der Waals surface area contributed by atoms with Crippen LogP contribution in [0, 0.1) is 17.0 Å². The third-order valence-corrected chi connectivity index (χ3v) is 2.52. The zero-order chi connectivity index (χ0) is 13.0. The molecule has 94 valence electrons. The summed E-state index contributed by atoms with van der Waals surface area (Å²) in [7, 11) is 0. The van der Waals surface area contributed by atoms with Gasteiger partial charge in [0.05, 0.1) is 4.92 Å². The molecule has 2 rings (SSSR count). The van der Waals surface area contributed by atoms with Crippen LogP contribution in [0.4, 0.5) is 11.4 Å². The SMILES string of the molecule is Cc1cc(NCCc2ncc[nH]2)cc([N+](=O)[O-])c1. The first-order chi connectivity index (χ1) is 8.65. The number of non-ortho nitro benzene ring substituents is 1. The lowest BCUT2D eigenvalue weighted by molar-refractivity contribution is -0.384. The van der Waals surface area contributed by atoms with Crippen molar-refractivity contribution in [2.24, 2.45) is 0 Å². The van der Waals surface area contributed by atoms with Crippen molar-refractivity contribution in [2.45, 2.75) is 13.3 Å². The molecule has 2 N–H and O–H groups in total. The summed E-state index contributed by atoms with van der Waals surface area (Å²) in [5, 5.41) is 13.9. The van der Waals surface area contributed by atoms with E-state index in [0.29, 0.717) is 6.54 Å². The summed E-state index contributed by atoms with van der Waals surface area (Å²) >= 11 is 0. The Morgan fingerprint density at radius 1 is 1.44 bits per heavy atom. The second kappa shape index (κ2) is 5.31. The van der Waals surface area contributed by atoms with E-state index in [1.165, 1.54) is 6.07 Å². The number of anilines is 1. The molecule has 0 radical (unpaired) electrons. The molecule has 0 spiro atoms. The van der Waals surface area contributed by atoms with Crippen molar-refractivity contribution in [3.8, 4) is 0 Å². The Morgan fingerprint density at radius 2 is 2.28 bits per heavy atom. The first kappa shape index (κ1) is 12.1. The highest BCUT2D eigenvalue weighted by Crippen LogP contribution is 2.20. The topological polar surface area (TPSA) is 83.8 Å². The smallest absolute Gasteiger partial charge is 0.271 e. The normalized spacial score (nSPS) is 10.3. The molecule has 6 nitrogen and oxygen atoms in total. The fraction of sp³-hybridized carbons (Fsp3) is 0.250. The maximum Gasteiger partial charge on any atom is 0.271 e. The van der Waals surface area contributed by atoms with Crippen LogP contribution in [0.3, 0.4) is 0 Å². The van der Waals surface area contributed by atoms with Crippen molar-refractivity contribution in [3.63, 3.8) is 0 Å². The van der Waals surface area contributed by atoms with Gasteiger partial charge in [-0.15, -0.1) is 0 Å². The minimum Gasteiger partial charge on any atom is -0.384 e. The summed E-state index contributed by atoms with van der Waals surface area (Å²) in [5.41, 5.74) is 1.73. The molecule has 1 heterocycles. The molecule has 18 heavy (non-hydrogen) atoms. The predicted molar refractivity (Wildman–Crippen MR) is 68.6 cm³/mol. The zero-order valence-electron chi connectivity index (χ0n) is 10.0. The number of nitrogens with zero attached hydrogens (tertiary/aromatic N) is 2. The molecular formula is C12H14N4O2. The van der Waals surface area contributed by atoms with Crippen LogP contribution in [-0.4, -0.2) is 21.4 Å². The highest BCUT2D eigenvalue weighted by molar-refractivity contribution is 5.53. The van der Waals surface area contributed by atoms with E-state index in [0.717, 1.165) is 23.5 Å². The van der Waals surface area contributed by atoms with Gasteiger partial charge in [0.15, 0.2) is 0 Å². The molecule has 0 bridgehead atoms. The van der Waals surface area contributed by atoms with Gasteiger partial charge in [-0.3, -0.25) is 10.1 Å². The molecule has 0 aliphatic carbocycles. The molecule has 0 saturated heterocycles. The van der Waals surface area contributed by atoms with Crippen molar-refractivity contribution in [2.75, 3.05) is 11.9 Å². The van der Waals surface area contributed by atoms with Crippen LogP contribution in [0.1, 0.15) is 11.4 Å². The number of nitro benzene ring substituents is 1. The largest absolute Gasteiger partial charge is 0.384 e. The van der Waals surface area contributed by atoms with Gasteiger partial charge in [-0.1, -0.05) is 0 Å². The maximum atomic E-state index is 10.7. The lowest BCUT2D eigenvalue weighted by Crippen LogP contribution is -2.06. The molecule has 0 amide bonds. The fourth-order valence-corrected chi connectivity index (χ4v) is 1.73. The number of imidazole rings is 1. The van der Waals surface area contributed by atoms with E-state index in [4.69, 9.17) is 0 Å². The lowest BCUT2D eigenvalue weighted by Gasteiger charge is -2.06. The number of hydrogen-bond acceptors (Lipinski definition) is 4. The molecular weight excluding hydrogens is 232 g/mol. The van der Waals surface area contributed by atoms with Crippen LogP contribution in [0.5, 0.6) is 0 Å². The second-order valence-electron chi connectivity index (χ2n) is 4.03. The monoisotopic (exact) mass is 246 g/mol. The van der Waals surface area contributed by atoms with E-state index in [1.54, 1.807) is 18.5 Å². The summed E-state index contributed by atoms with van der Waals surface area (Å²) in [6.45, 7) is 2.51. The van der Waals surface area contributed by atoms with Gasteiger partial charge in [0.1, 0.15) is 5.82 Å². The van der Waals surface area contributed by atoms with E-state index in [1.807, 2.05) is 13.0 Å². The number of rotatable bonds is 5. The number of nitrogens with one attached hydrogen (secondary N) is 2. The van der Waals surface area contributed by atoms with Crippen molar-refractivity contribution in [1.82, 2.24) is 9.97 Å². The molecule has 0 aliphatic heterocycles. The molecule has 0 fully saturated rings. The number of aromatic nitrogens is 2. The molecule has 0 aliphatic rings. The van der Waals surface area contributed by atoms with Gasteiger partial charge in [-0.2, -0.15) is 0 Å². The highest BCUT2D eigenvalue weighted by atomic mass is 16.6. The number of benzene rings is 1. The average Bonchev–Trinajstić information content (AvgIpc) is 2.81.